The molecule has 1 unspecified atom stereocenters. The van der Waals surface area contributed by atoms with Crippen molar-refractivity contribution in [2.75, 3.05) is 13.6 Å². The highest BCUT2D eigenvalue weighted by Gasteiger charge is 2.27. The molecule has 0 amide bonds. The summed E-state index contributed by atoms with van der Waals surface area (Å²) in [6.45, 7) is 6.69. The third-order valence-corrected chi connectivity index (χ3v) is 6.68. The Bertz CT molecular complexity index is 494. The molecule has 1 atom stereocenters. The smallest absolute Gasteiger partial charge is 0.252 e. The zero-order chi connectivity index (χ0) is 14.6. The molecule has 1 aromatic rings. The highest BCUT2D eigenvalue weighted by atomic mass is 32.2. The quantitative estimate of drug-likeness (QED) is 0.840. The van der Waals surface area contributed by atoms with E-state index in [4.69, 9.17) is 5.73 Å². The van der Waals surface area contributed by atoms with E-state index in [0.717, 1.165) is 17.7 Å². The van der Waals surface area contributed by atoms with Crippen molar-refractivity contribution < 1.29 is 8.42 Å². The molecule has 19 heavy (non-hydrogen) atoms. The van der Waals surface area contributed by atoms with Crippen molar-refractivity contribution >= 4 is 21.4 Å². The molecule has 4 nitrogen and oxygen atoms in total. The van der Waals surface area contributed by atoms with Gasteiger partial charge in [0.2, 0.25) is 0 Å². The van der Waals surface area contributed by atoms with Crippen LogP contribution in [0.3, 0.4) is 0 Å². The lowest BCUT2D eigenvalue weighted by Crippen LogP contribution is -2.35. The topological polar surface area (TPSA) is 63.4 Å². The average Bonchev–Trinajstić information content (AvgIpc) is 2.76. The molecule has 0 fully saturated rings. The van der Waals surface area contributed by atoms with E-state index in [-0.39, 0.29) is 6.04 Å². The summed E-state index contributed by atoms with van der Waals surface area (Å²) in [4.78, 5) is 1.02. The van der Waals surface area contributed by atoms with Crippen LogP contribution in [0.1, 0.15) is 32.1 Å². The van der Waals surface area contributed by atoms with Gasteiger partial charge in [0.15, 0.2) is 0 Å². The predicted molar refractivity (Wildman–Crippen MR) is 80.9 cm³/mol. The van der Waals surface area contributed by atoms with E-state index in [1.54, 1.807) is 13.1 Å². The van der Waals surface area contributed by atoms with Gasteiger partial charge in [-0.3, -0.25) is 0 Å². The Morgan fingerprint density at radius 1 is 1.32 bits per heavy atom. The predicted octanol–water partition coefficient (Wildman–Crippen LogP) is 2.30. The number of hydrogen-bond acceptors (Lipinski definition) is 4. The van der Waals surface area contributed by atoms with Crippen LogP contribution in [-0.2, 0) is 16.4 Å². The van der Waals surface area contributed by atoms with Crippen LogP contribution >= 0.6 is 11.3 Å². The Morgan fingerprint density at radius 2 is 1.95 bits per heavy atom. The van der Waals surface area contributed by atoms with E-state index >= 15 is 0 Å². The van der Waals surface area contributed by atoms with Crippen molar-refractivity contribution in [3.8, 4) is 0 Å². The first-order chi connectivity index (χ1) is 8.78. The van der Waals surface area contributed by atoms with Crippen molar-refractivity contribution in [1.82, 2.24) is 4.31 Å². The molecule has 1 heterocycles. The van der Waals surface area contributed by atoms with Crippen LogP contribution in [0.5, 0.6) is 0 Å². The van der Waals surface area contributed by atoms with Gasteiger partial charge in [0.1, 0.15) is 4.21 Å². The Morgan fingerprint density at radius 3 is 2.47 bits per heavy atom. The minimum atomic E-state index is -3.37. The molecule has 0 radical (unpaired) electrons. The summed E-state index contributed by atoms with van der Waals surface area (Å²) in [5.41, 5.74) is 5.49. The molecular formula is C13H24N2O2S2. The summed E-state index contributed by atoms with van der Waals surface area (Å²) in [5.74, 6) is 0.476. The van der Waals surface area contributed by atoms with Crippen LogP contribution in [0.15, 0.2) is 16.3 Å². The number of nitrogens with zero attached hydrogens (tertiary/aromatic N) is 1. The van der Waals surface area contributed by atoms with E-state index in [9.17, 15) is 8.42 Å². The lowest BCUT2D eigenvalue weighted by Gasteiger charge is -2.24. The van der Waals surface area contributed by atoms with Crippen molar-refractivity contribution in [2.24, 2.45) is 11.7 Å². The van der Waals surface area contributed by atoms with Crippen LogP contribution < -0.4 is 5.73 Å². The lowest BCUT2D eigenvalue weighted by molar-refractivity contribution is 0.338. The van der Waals surface area contributed by atoms with Gasteiger partial charge in [-0.05, 0) is 44.4 Å². The molecule has 1 aromatic heterocycles. The van der Waals surface area contributed by atoms with Gasteiger partial charge < -0.3 is 5.73 Å². The maximum absolute atomic E-state index is 12.5. The van der Waals surface area contributed by atoms with Crippen molar-refractivity contribution in [3.63, 3.8) is 0 Å². The Balaban J connectivity index is 2.89. The summed E-state index contributed by atoms with van der Waals surface area (Å²) in [6, 6.07) is 3.54. The van der Waals surface area contributed by atoms with Gasteiger partial charge in [-0.2, -0.15) is 4.31 Å². The first kappa shape index (κ1) is 16.6. The number of sulfonamides is 1. The van der Waals surface area contributed by atoms with Gasteiger partial charge in [0.05, 0.1) is 0 Å². The van der Waals surface area contributed by atoms with E-state index in [1.165, 1.54) is 15.6 Å². The normalized spacial score (nSPS) is 14.3. The summed E-state index contributed by atoms with van der Waals surface area (Å²) < 4.78 is 26.8. The summed E-state index contributed by atoms with van der Waals surface area (Å²) in [7, 11) is -1.71. The molecule has 0 aliphatic carbocycles. The Labute approximate surface area is 120 Å². The fourth-order valence-corrected chi connectivity index (χ4v) is 4.91. The molecule has 0 bridgehead atoms. The largest absolute Gasteiger partial charge is 0.330 e. The number of rotatable bonds is 7. The Hall–Kier alpha value is -0.430. The third-order valence-electron chi connectivity index (χ3n) is 3.09. The first-order valence-corrected chi connectivity index (χ1v) is 8.81. The summed E-state index contributed by atoms with van der Waals surface area (Å²) in [5, 5.41) is 0. The van der Waals surface area contributed by atoms with E-state index in [2.05, 4.69) is 13.8 Å². The molecule has 6 heteroatoms. The lowest BCUT2D eigenvalue weighted by atomic mass is 10.1. The van der Waals surface area contributed by atoms with E-state index in [1.807, 2.05) is 13.0 Å². The number of thiophene rings is 1. The molecule has 0 saturated carbocycles. The molecule has 2 N–H and O–H groups in total. The summed E-state index contributed by atoms with van der Waals surface area (Å²) >= 11 is 1.32. The zero-order valence-corrected chi connectivity index (χ0v) is 13.7. The van der Waals surface area contributed by atoms with Crippen LogP contribution in [0.4, 0.5) is 0 Å². The maximum atomic E-state index is 12.5. The van der Waals surface area contributed by atoms with E-state index < -0.39 is 10.0 Å². The second-order valence-electron chi connectivity index (χ2n) is 5.26. The molecule has 0 aliphatic heterocycles. The molecule has 1 rings (SSSR count). The minimum absolute atomic E-state index is 0.00468. The van der Waals surface area contributed by atoms with Gasteiger partial charge in [-0.15, -0.1) is 11.3 Å². The van der Waals surface area contributed by atoms with Crippen molar-refractivity contribution in [2.45, 2.75) is 43.9 Å². The highest BCUT2D eigenvalue weighted by molar-refractivity contribution is 7.91. The summed E-state index contributed by atoms with van der Waals surface area (Å²) in [6.07, 6.45) is 1.59. The second kappa shape index (κ2) is 6.83. The van der Waals surface area contributed by atoms with Crippen LogP contribution in [0.2, 0.25) is 0 Å². The number of hydrogen-bond donors (Lipinski definition) is 1. The first-order valence-electron chi connectivity index (χ1n) is 6.55. The van der Waals surface area contributed by atoms with Gasteiger partial charge in [0, 0.05) is 18.0 Å². The van der Waals surface area contributed by atoms with Crippen LogP contribution in [-0.4, -0.2) is 32.4 Å². The number of nitrogens with two attached hydrogens (primary N) is 1. The Kier molecular flexibility index (Phi) is 5.98. The molecule has 110 valence electrons. The molecule has 0 spiro atoms. The fourth-order valence-electron chi connectivity index (χ4n) is 1.98. The standard InChI is InChI=1S/C13H24N2O2S2/c1-10(2)9-11(3)15(4)19(16,17)13-6-5-12(18-13)7-8-14/h5-6,10-11H,7-9,14H2,1-4H3. The van der Waals surface area contributed by atoms with Gasteiger partial charge in [-0.25, -0.2) is 8.42 Å². The maximum Gasteiger partial charge on any atom is 0.252 e. The molecule has 0 aromatic carbocycles. The van der Waals surface area contributed by atoms with Gasteiger partial charge in [0.25, 0.3) is 10.0 Å². The van der Waals surface area contributed by atoms with Crippen molar-refractivity contribution in [3.05, 3.63) is 17.0 Å². The molecule has 0 saturated heterocycles. The third kappa shape index (κ3) is 4.27. The van der Waals surface area contributed by atoms with Crippen LogP contribution in [0.25, 0.3) is 0 Å². The molecular weight excluding hydrogens is 280 g/mol. The van der Waals surface area contributed by atoms with Gasteiger partial charge >= 0.3 is 0 Å². The highest BCUT2D eigenvalue weighted by Crippen LogP contribution is 2.26. The van der Waals surface area contributed by atoms with Crippen LogP contribution in [0, 0.1) is 5.92 Å². The minimum Gasteiger partial charge on any atom is -0.330 e. The van der Waals surface area contributed by atoms with E-state index in [0.29, 0.717) is 16.7 Å². The van der Waals surface area contributed by atoms with Crippen molar-refractivity contribution in [1.29, 1.82) is 0 Å². The molecule has 0 aliphatic rings. The zero-order valence-electron chi connectivity index (χ0n) is 12.1. The van der Waals surface area contributed by atoms with Gasteiger partial charge in [-0.1, -0.05) is 13.8 Å². The monoisotopic (exact) mass is 304 g/mol. The average molecular weight is 304 g/mol. The fraction of sp³-hybridized carbons (Fsp3) is 0.692. The second-order valence-corrected chi connectivity index (χ2v) is 8.65. The SMILES string of the molecule is CC(C)CC(C)N(C)S(=O)(=O)c1ccc(CCN)s1.